The Balaban J connectivity index is 2.90. The van der Waals surface area contributed by atoms with Crippen LogP contribution in [0.5, 0.6) is 0 Å². The van der Waals surface area contributed by atoms with E-state index >= 15 is 0 Å². The third-order valence-electron chi connectivity index (χ3n) is 2.37. The average Bonchev–Trinajstić information content (AvgIpc) is 2.35. The van der Waals surface area contributed by atoms with E-state index in [4.69, 9.17) is 5.11 Å². The third-order valence-corrected chi connectivity index (χ3v) is 3.37. The number of aliphatic hydroxyl groups is 1. The molecular weight excluding hydrogens is 246 g/mol. The summed E-state index contributed by atoms with van der Waals surface area (Å²) in [5.74, 6) is 2.03. The first-order valence-electron chi connectivity index (χ1n) is 6.47. The highest BCUT2D eigenvalue weighted by Gasteiger charge is 2.10. The Morgan fingerprint density at radius 1 is 1.33 bits per heavy atom. The molecule has 18 heavy (non-hydrogen) atoms. The van der Waals surface area contributed by atoms with E-state index in [1.54, 1.807) is 11.8 Å². The van der Waals surface area contributed by atoms with Crippen LogP contribution in [0.25, 0.3) is 0 Å². The van der Waals surface area contributed by atoms with Crippen molar-refractivity contribution in [2.24, 2.45) is 0 Å². The molecule has 0 radical (unpaired) electrons. The van der Waals surface area contributed by atoms with Gasteiger partial charge in [-0.1, -0.05) is 27.7 Å². The molecule has 0 saturated carbocycles. The topological polar surface area (TPSA) is 58.0 Å². The molecule has 0 aromatic carbocycles. The maximum absolute atomic E-state index is 9.11. The minimum atomic E-state index is 0.152. The van der Waals surface area contributed by atoms with Crippen molar-refractivity contribution in [3.63, 3.8) is 0 Å². The van der Waals surface area contributed by atoms with Crippen LogP contribution in [0.3, 0.4) is 0 Å². The normalized spacial score (nSPS) is 12.8. The Labute approximate surface area is 114 Å². The standard InChI is InChI=1S/C13H23N3OS/c1-5-6-14-11-7-12(18-10(4)8-17)16-13(15-11)9(2)3/h7,9-10,17H,5-6,8H2,1-4H3,(H,14,15,16). The Hall–Kier alpha value is -0.810. The van der Waals surface area contributed by atoms with Gasteiger partial charge in [0.2, 0.25) is 0 Å². The van der Waals surface area contributed by atoms with Gasteiger partial charge in [-0.3, -0.25) is 0 Å². The molecule has 1 unspecified atom stereocenters. The van der Waals surface area contributed by atoms with Crippen LogP contribution >= 0.6 is 11.8 Å². The van der Waals surface area contributed by atoms with Crippen molar-refractivity contribution in [3.05, 3.63) is 11.9 Å². The molecule has 0 fully saturated rings. The Morgan fingerprint density at radius 3 is 2.61 bits per heavy atom. The van der Waals surface area contributed by atoms with Crippen LogP contribution < -0.4 is 5.32 Å². The fraction of sp³-hybridized carbons (Fsp3) is 0.692. The molecule has 0 aliphatic rings. The summed E-state index contributed by atoms with van der Waals surface area (Å²) in [5.41, 5.74) is 0. The number of anilines is 1. The quantitative estimate of drug-likeness (QED) is 0.589. The van der Waals surface area contributed by atoms with Crippen LogP contribution in [0.15, 0.2) is 11.1 Å². The maximum Gasteiger partial charge on any atom is 0.134 e. The molecule has 0 aliphatic heterocycles. The second-order valence-corrected chi connectivity index (χ2v) is 6.10. The van der Waals surface area contributed by atoms with E-state index in [-0.39, 0.29) is 11.9 Å². The van der Waals surface area contributed by atoms with Crippen LogP contribution in [-0.4, -0.2) is 33.5 Å². The van der Waals surface area contributed by atoms with Crippen LogP contribution in [-0.2, 0) is 0 Å². The lowest BCUT2D eigenvalue weighted by Crippen LogP contribution is -2.08. The summed E-state index contributed by atoms with van der Waals surface area (Å²) in [7, 11) is 0. The fourth-order valence-corrected chi connectivity index (χ4v) is 2.16. The first kappa shape index (κ1) is 15.2. The first-order chi connectivity index (χ1) is 8.56. The van der Waals surface area contributed by atoms with E-state index in [9.17, 15) is 0 Å². The van der Waals surface area contributed by atoms with Crippen molar-refractivity contribution in [1.29, 1.82) is 0 Å². The maximum atomic E-state index is 9.11. The third kappa shape index (κ3) is 4.82. The summed E-state index contributed by atoms with van der Waals surface area (Å²) >= 11 is 1.58. The van der Waals surface area contributed by atoms with Crippen molar-refractivity contribution < 1.29 is 5.11 Å². The van der Waals surface area contributed by atoms with Gasteiger partial charge in [-0.15, -0.1) is 11.8 Å². The van der Waals surface area contributed by atoms with Gasteiger partial charge in [-0.2, -0.15) is 0 Å². The molecule has 0 amide bonds. The molecule has 0 spiro atoms. The van der Waals surface area contributed by atoms with E-state index in [1.807, 2.05) is 13.0 Å². The number of thioether (sulfide) groups is 1. The molecule has 1 rings (SSSR count). The number of hydrogen-bond acceptors (Lipinski definition) is 5. The monoisotopic (exact) mass is 269 g/mol. The Kier molecular flexibility index (Phi) is 6.43. The predicted octanol–water partition coefficient (Wildman–Crippen LogP) is 2.89. The van der Waals surface area contributed by atoms with Crippen LogP contribution in [0.4, 0.5) is 5.82 Å². The highest BCUT2D eigenvalue weighted by molar-refractivity contribution is 7.99. The van der Waals surface area contributed by atoms with Crippen LogP contribution in [0, 0.1) is 0 Å². The average molecular weight is 269 g/mol. The van der Waals surface area contributed by atoms with E-state index in [0.29, 0.717) is 5.92 Å². The molecular formula is C13H23N3OS. The molecule has 0 bridgehead atoms. The molecule has 2 N–H and O–H groups in total. The summed E-state index contributed by atoms with van der Waals surface area (Å²) in [5, 5.41) is 13.5. The Morgan fingerprint density at radius 2 is 2.06 bits per heavy atom. The van der Waals surface area contributed by atoms with Gasteiger partial charge < -0.3 is 10.4 Å². The highest BCUT2D eigenvalue weighted by Crippen LogP contribution is 2.24. The molecule has 1 atom stereocenters. The van der Waals surface area contributed by atoms with Gasteiger partial charge in [0.05, 0.1) is 6.61 Å². The molecule has 0 aliphatic carbocycles. The molecule has 4 nitrogen and oxygen atoms in total. The van der Waals surface area contributed by atoms with Crippen molar-refractivity contribution in [2.45, 2.75) is 50.3 Å². The lowest BCUT2D eigenvalue weighted by molar-refractivity contribution is 0.300. The number of aromatic nitrogens is 2. The van der Waals surface area contributed by atoms with Gasteiger partial charge in [0, 0.05) is 23.8 Å². The van der Waals surface area contributed by atoms with E-state index in [2.05, 4.69) is 36.1 Å². The largest absolute Gasteiger partial charge is 0.395 e. The lowest BCUT2D eigenvalue weighted by atomic mass is 10.2. The molecule has 1 aromatic rings. The number of hydrogen-bond donors (Lipinski definition) is 2. The van der Waals surface area contributed by atoms with Crippen molar-refractivity contribution in [1.82, 2.24) is 9.97 Å². The Bertz CT molecular complexity index is 371. The summed E-state index contributed by atoms with van der Waals surface area (Å²) in [6.45, 7) is 9.35. The molecule has 0 saturated heterocycles. The zero-order valence-corrected chi connectivity index (χ0v) is 12.4. The summed E-state index contributed by atoms with van der Waals surface area (Å²) in [6, 6.07) is 1.96. The van der Waals surface area contributed by atoms with Crippen molar-refractivity contribution in [3.8, 4) is 0 Å². The second-order valence-electron chi connectivity index (χ2n) is 4.64. The van der Waals surface area contributed by atoms with E-state index in [1.165, 1.54) is 0 Å². The SMILES string of the molecule is CCCNc1cc(SC(C)CO)nc(C(C)C)n1. The van der Waals surface area contributed by atoms with Gasteiger partial charge in [-0.05, 0) is 6.42 Å². The van der Waals surface area contributed by atoms with Gasteiger partial charge in [-0.25, -0.2) is 9.97 Å². The van der Waals surface area contributed by atoms with Crippen LogP contribution in [0.2, 0.25) is 0 Å². The van der Waals surface area contributed by atoms with E-state index in [0.717, 1.165) is 29.6 Å². The molecule has 1 aromatic heterocycles. The zero-order chi connectivity index (χ0) is 13.5. The highest BCUT2D eigenvalue weighted by atomic mass is 32.2. The van der Waals surface area contributed by atoms with Gasteiger partial charge in [0.25, 0.3) is 0 Å². The second kappa shape index (κ2) is 7.59. The summed E-state index contributed by atoms with van der Waals surface area (Å²) in [4.78, 5) is 9.04. The van der Waals surface area contributed by atoms with Gasteiger partial charge >= 0.3 is 0 Å². The first-order valence-corrected chi connectivity index (χ1v) is 7.35. The van der Waals surface area contributed by atoms with Gasteiger partial charge in [0.15, 0.2) is 0 Å². The number of rotatable bonds is 7. The van der Waals surface area contributed by atoms with Crippen molar-refractivity contribution >= 4 is 17.6 Å². The predicted molar refractivity (Wildman–Crippen MR) is 77.3 cm³/mol. The lowest BCUT2D eigenvalue weighted by Gasteiger charge is -2.12. The molecule has 102 valence electrons. The van der Waals surface area contributed by atoms with Gasteiger partial charge in [0.1, 0.15) is 16.7 Å². The van der Waals surface area contributed by atoms with Crippen molar-refractivity contribution in [2.75, 3.05) is 18.5 Å². The summed E-state index contributed by atoms with van der Waals surface area (Å²) < 4.78 is 0. The molecule has 1 heterocycles. The summed E-state index contributed by atoms with van der Waals surface area (Å²) in [6.07, 6.45) is 1.07. The molecule has 5 heteroatoms. The number of aliphatic hydroxyl groups excluding tert-OH is 1. The zero-order valence-electron chi connectivity index (χ0n) is 11.6. The smallest absolute Gasteiger partial charge is 0.134 e. The fourth-order valence-electron chi connectivity index (χ4n) is 1.35. The van der Waals surface area contributed by atoms with Crippen LogP contribution in [0.1, 0.15) is 45.9 Å². The minimum Gasteiger partial charge on any atom is -0.395 e. The number of nitrogens with zero attached hydrogens (tertiary/aromatic N) is 2. The number of nitrogens with one attached hydrogen (secondary N) is 1. The minimum absolute atomic E-state index is 0.152. The van der Waals surface area contributed by atoms with E-state index < -0.39 is 0 Å².